The maximum absolute atomic E-state index is 12.2. The van der Waals surface area contributed by atoms with Gasteiger partial charge < -0.3 is 5.32 Å². The van der Waals surface area contributed by atoms with Crippen molar-refractivity contribution in [2.75, 3.05) is 5.32 Å². The van der Waals surface area contributed by atoms with Crippen molar-refractivity contribution >= 4 is 39.1 Å². The largest absolute Gasteiger partial charge is 0.322 e. The van der Waals surface area contributed by atoms with Crippen LogP contribution in [0.15, 0.2) is 40.9 Å². The SMILES string of the molecule is Cc1ccc(C#N)cc1NC(=O)c1cc(Cl)cc(Br)c1. The highest BCUT2D eigenvalue weighted by Gasteiger charge is 2.10. The number of carbonyl (C=O) groups excluding carboxylic acids is 1. The van der Waals surface area contributed by atoms with Gasteiger partial charge in [0.25, 0.3) is 5.91 Å². The van der Waals surface area contributed by atoms with Crippen LogP contribution in [-0.2, 0) is 0 Å². The second-order valence-corrected chi connectivity index (χ2v) is 5.61. The maximum atomic E-state index is 12.2. The van der Waals surface area contributed by atoms with Gasteiger partial charge in [0.05, 0.1) is 11.6 Å². The van der Waals surface area contributed by atoms with Crippen molar-refractivity contribution in [3.05, 3.63) is 62.6 Å². The summed E-state index contributed by atoms with van der Waals surface area (Å²) in [6, 6.07) is 12.2. The lowest BCUT2D eigenvalue weighted by Gasteiger charge is -2.09. The molecule has 0 aliphatic carbocycles. The van der Waals surface area contributed by atoms with E-state index in [1.165, 1.54) is 0 Å². The predicted octanol–water partition coefficient (Wildman–Crippen LogP) is 4.53. The lowest BCUT2D eigenvalue weighted by molar-refractivity contribution is 0.102. The minimum Gasteiger partial charge on any atom is -0.322 e. The Bertz CT molecular complexity index is 702. The molecule has 0 unspecified atom stereocenters. The van der Waals surface area contributed by atoms with Gasteiger partial charge in [0.15, 0.2) is 0 Å². The standard InChI is InChI=1S/C15H10BrClN2O/c1-9-2-3-10(8-18)4-14(9)19-15(20)11-5-12(16)7-13(17)6-11/h2-7H,1H3,(H,19,20). The first-order chi connectivity index (χ1) is 9.49. The number of halogens is 2. The average Bonchev–Trinajstić information content (AvgIpc) is 2.40. The summed E-state index contributed by atoms with van der Waals surface area (Å²) >= 11 is 9.22. The van der Waals surface area contributed by atoms with E-state index >= 15 is 0 Å². The first-order valence-corrected chi connectivity index (χ1v) is 6.95. The van der Waals surface area contributed by atoms with Gasteiger partial charge in [-0.3, -0.25) is 4.79 Å². The highest BCUT2D eigenvalue weighted by Crippen LogP contribution is 2.22. The number of amides is 1. The van der Waals surface area contributed by atoms with Crippen molar-refractivity contribution in [3.63, 3.8) is 0 Å². The predicted molar refractivity (Wildman–Crippen MR) is 83.0 cm³/mol. The van der Waals surface area contributed by atoms with Crippen LogP contribution in [0, 0.1) is 18.3 Å². The van der Waals surface area contributed by atoms with Crippen molar-refractivity contribution in [2.24, 2.45) is 0 Å². The summed E-state index contributed by atoms with van der Waals surface area (Å²) in [4.78, 5) is 12.2. The Labute approximate surface area is 130 Å². The van der Waals surface area contributed by atoms with E-state index in [0.29, 0.717) is 21.8 Å². The fourth-order valence-electron chi connectivity index (χ4n) is 1.71. The van der Waals surface area contributed by atoms with E-state index in [-0.39, 0.29) is 5.91 Å². The summed E-state index contributed by atoms with van der Waals surface area (Å²) < 4.78 is 0.734. The number of rotatable bonds is 2. The van der Waals surface area contributed by atoms with Crippen LogP contribution >= 0.6 is 27.5 Å². The summed E-state index contributed by atoms with van der Waals surface area (Å²) in [5, 5.41) is 12.2. The van der Waals surface area contributed by atoms with Crippen LogP contribution in [-0.4, -0.2) is 5.91 Å². The number of nitriles is 1. The van der Waals surface area contributed by atoms with Crippen LogP contribution in [0.1, 0.15) is 21.5 Å². The van der Waals surface area contributed by atoms with Gasteiger partial charge in [-0.05, 0) is 42.8 Å². The Morgan fingerprint density at radius 1 is 1.30 bits per heavy atom. The second-order valence-electron chi connectivity index (χ2n) is 4.25. The highest BCUT2D eigenvalue weighted by molar-refractivity contribution is 9.10. The van der Waals surface area contributed by atoms with Crippen LogP contribution in [0.4, 0.5) is 5.69 Å². The molecule has 1 N–H and O–H groups in total. The number of benzene rings is 2. The lowest BCUT2D eigenvalue weighted by atomic mass is 10.1. The molecule has 2 aromatic rings. The minimum atomic E-state index is -0.272. The first-order valence-electron chi connectivity index (χ1n) is 5.78. The molecule has 0 spiro atoms. The molecule has 0 fully saturated rings. The molecule has 0 saturated carbocycles. The van der Waals surface area contributed by atoms with E-state index < -0.39 is 0 Å². The fourth-order valence-corrected chi connectivity index (χ4v) is 2.57. The third-order valence-corrected chi connectivity index (χ3v) is 3.42. The molecule has 0 radical (unpaired) electrons. The van der Waals surface area contributed by atoms with Crippen LogP contribution in [0.2, 0.25) is 5.02 Å². The zero-order valence-electron chi connectivity index (χ0n) is 10.6. The summed E-state index contributed by atoms with van der Waals surface area (Å²) in [6.07, 6.45) is 0. The molecule has 0 saturated heterocycles. The molecular formula is C15H10BrClN2O. The van der Waals surface area contributed by atoms with E-state index in [1.807, 2.05) is 13.0 Å². The number of aryl methyl sites for hydroxylation is 1. The zero-order chi connectivity index (χ0) is 14.7. The second kappa shape index (κ2) is 6.08. The van der Waals surface area contributed by atoms with E-state index in [0.717, 1.165) is 10.0 Å². The van der Waals surface area contributed by atoms with Gasteiger partial charge in [0.1, 0.15) is 0 Å². The van der Waals surface area contributed by atoms with Crippen molar-refractivity contribution in [2.45, 2.75) is 6.92 Å². The van der Waals surface area contributed by atoms with Gasteiger partial charge in [-0.25, -0.2) is 0 Å². The molecule has 20 heavy (non-hydrogen) atoms. The summed E-state index contributed by atoms with van der Waals surface area (Å²) in [5.41, 5.74) is 2.45. The molecule has 0 aliphatic heterocycles. The Morgan fingerprint density at radius 2 is 2.05 bits per heavy atom. The molecular weight excluding hydrogens is 340 g/mol. The highest BCUT2D eigenvalue weighted by atomic mass is 79.9. The fraction of sp³-hybridized carbons (Fsp3) is 0.0667. The van der Waals surface area contributed by atoms with Crippen LogP contribution < -0.4 is 5.32 Å². The van der Waals surface area contributed by atoms with Crippen molar-refractivity contribution in [3.8, 4) is 6.07 Å². The van der Waals surface area contributed by atoms with Crippen molar-refractivity contribution in [1.29, 1.82) is 5.26 Å². The number of hydrogen-bond acceptors (Lipinski definition) is 2. The van der Waals surface area contributed by atoms with Crippen LogP contribution in [0.3, 0.4) is 0 Å². The monoisotopic (exact) mass is 348 g/mol. The smallest absolute Gasteiger partial charge is 0.255 e. The Hall–Kier alpha value is -1.83. The third-order valence-electron chi connectivity index (χ3n) is 2.74. The summed E-state index contributed by atoms with van der Waals surface area (Å²) in [6.45, 7) is 1.87. The molecule has 100 valence electrons. The van der Waals surface area contributed by atoms with Gasteiger partial charge in [0, 0.05) is 20.7 Å². The molecule has 1 amide bonds. The van der Waals surface area contributed by atoms with Crippen LogP contribution in [0.5, 0.6) is 0 Å². The van der Waals surface area contributed by atoms with E-state index in [2.05, 4.69) is 21.2 Å². The summed E-state index contributed by atoms with van der Waals surface area (Å²) in [7, 11) is 0. The van der Waals surface area contributed by atoms with Gasteiger partial charge in [-0.1, -0.05) is 33.6 Å². The topological polar surface area (TPSA) is 52.9 Å². The number of nitrogens with one attached hydrogen (secondary N) is 1. The number of nitrogens with zero attached hydrogens (tertiary/aromatic N) is 1. The molecule has 0 aromatic heterocycles. The van der Waals surface area contributed by atoms with Gasteiger partial charge in [0.2, 0.25) is 0 Å². The van der Waals surface area contributed by atoms with Gasteiger partial charge in [-0.2, -0.15) is 5.26 Å². The minimum absolute atomic E-state index is 0.272. The molecule has 2 rings (SSSR count). The Morgan fingerprint density at radius 3 is 2.70 bits per heavy atom. The normalized spacial score (nSPS) is 9.90. The van der Waals surface area contributed by atoms with Crippen molar-refractivity contribution in [1.82, 2.24) is 0 Å². The molecule has 3 nitrogen and oxygen atoms in total. The van der Waals surface area contributed by atoms with Gasteiger partial charge >= 0.3 is 0 Å². The molecule has 0 aliphatic rings. The number of anilines is 1. The van der Waals surface area contributed by atoms with Gasteiger partial charge in [-0.15, -0.1) is 0 Å². The molecule has 0 bridgehead atoms. The lowest BCUT2D eigenvalue weighted by Crippen LogP contribution is -2.13. The third kappa shape index (κ3) is 3.38. The number of carbonyl (C=O) groups is 1. The maximum Gasteiger partial charge on any atom is 0.255 e. The molecule has 0 atom stereocenters. The van der Waals surface area contributed by atoms with Crippen LogP contribution in [0.25, 0.3) is 0 Å². The van der Waals surface area contributed by atoms with E-state index in [4.69, 9.17) is 16.9 Å². The molecule has 5 heteroatoms. The Kier molecular flexibility index (Phi) is 4.43. The Balaban J connectivity index is 2.30. The average molecular weight is 350 g/mol. The van der Waals surface area contributed by atoms with E-state index in [9.17, 15) is 4.79 Å². The molecule has 0 heterocycles. The number of hydrogen-bond donors (Lipinski definition) is 1. The van der Waals surface area contributed by atoms with Crippen molar-refractivity contribution < 1.29 is 4.79 Å². The van der Waals surface area contributed by atoms with E-state index in [1.54, 1.807) is 36.4 Å². The molecule has 2 aromatic carbocycles. The first kappa shape index (κ1) is 14.6. The quantitative estimate of drug-likeness (QED) is 0.865. The zero-order valence-corrected chi connectivity index (χ0v) is 12.9. The summed E-state index contributed by atoms with van der Waals surface area (Å²) in [5.74, 6) is -0.272.